The standard InChI is InChI=1S/C17H20N4O2S/c22-24(23,21-11-5-2-6-12-21)16-9-10-17(18-14-16)20-19-13-15-7-3-1-4-8-15/h1,3-4,7-10,13-14H,2,5-6,11-12H2,(H,18,20). The van der Waals surface area contributed by atoms with Gasteiger partial charge >= 0.3 is 0 Å². The molecule has 0 radical (unpaired) electrons. The third-order valence-corrected chi connectivity index (χ3v) is 5.76. The maximum atomic E-state index is 12.5. The van der Waals surface area contributed by atoms with Crippen molar-refractivity contribution in [2.75, 3.05) is 18.5 Å². The van der Waals surface area contributed by atoms with E-state index in [9.17, 15) is 8.42 Å². The van der Waals surface area contributed by atoms with Crippen LogP contribution in [0.1, 0.15) is 24.8 Å². The number of nitrogens with one attached hydrogen (secondary N) is 1. The van der Waals surface area contributed by atoms with E-state index in [0.29, 0.717) is 18.9 Å². The van der Waals surface area contributed by atoms with Crippen molar-refractivity contribution in [1.29, 1.82) is 0 Å². The molecule has 0 atom stereocenters. The van der Waals surface area contributed by atoms with Crippen LogP contribution in [-0.2, 0) is 10.0 Å². The number of hydrogen-bond donors (Lipinski definition) is 1. The van der Waals surface area contributed by atoms with Gasteiger partial charge in [0.1, 0.15) is 10.7 Å². The first-order valence-corrected chi connectivity index (χ1v) is 9.40. The Hall–Kier alpha value is -2.25. The largest absolute Gasteiger partial charge is 0.261 e. The number of pyridine rings is 1. The lowest BCUT2D eigenvalue weighted by molar-refractivity contribution is 0.346. The van der Waals surface area contributed by atoms with E-state index in [-0.39, 0.29) is 4.90 Å². The Bertz CT molecular complexity index is 783. The predicted octanol–water partition coefficient (Wildman–Crippen LogP) is 2.70. The van der Waals surface area contributed by atoms with Crippen LogP contribution < -0.4 is 5.43 Å². The summed E-state index contributed by atoms with van der Waals surface area (Å²) in [5, 5.41) is 4.10. The quantitative estimate of drug-likeness (QED) is 0.668. The molecule has 3 rings (SSSR count). The van der Waals surface area contributed by atoms with Crippen LogP contribution in [0.2, 0.25) is 0 Å². The summed E-state index contributed by atoms with van der Waals surface area (Å²) in [6.45, 7) is 1.17. The molecule has 1 fully saturated rings. The van der Waals surface area contributed by atoms with E-state index in [1.54, 1.807) is 18.3 Å². The normalized spacial score (nSPS) is 16.3. The first-order chi connectivity index (χ1) is 11.7. The zero-order valence-electron chi connectivity index (χ0n) is 13.3. The Morgan fingerprint density at radius 2 is 1.79 bits per heavy atom. The molecular formula is C17H20N4O2S. The van der Waals surface area contributed by atoms with Gasteiger partial charge in [-0.2, -0.15) is 9.41 Å². The SMILES string of the molecule is O=S(=O)(c1ccc(NN=Cc2ccccc2)nc1)N1CCCCC1. The molecule has 1 N–H and O–H groups in total. The van der Waals surface area contributed by atoms with Crippen LogP contribution in [0.3, 0.4) is 0 Å². The van der Waals surface area contributed by atoms with Gasteiger partial charge in [-0.1, -0.05) is 36.8 Å². The fraction of sp³-hybridized carbons (Fsp3) is 0.294. The van der Waals surface area contributed by atoms with Gasteiger partial charge in [-0.25, -0.2) is 13.4 Å². The predicted molar refractivity (Wildman–Crippen MR) is 94.5 cm³/mol. The zero-order valence-corrected chi connectivity index (χ0v) is 14.1. The summed E-state index contributed by atoms with van der Waals surface area (Å²) in [6, 6.07) is 12.9. The lowest BCUT2D eigenvalue weighted by Crippen LogP contribution is -2.35. The first kappa shape index (κ1) is 16.6. The summed E-state index contributed by atoms with van der Waals surface area (Å²) in [6.07, 6.45) is 5.98. The molecule has 0 spiro atoms. The fourth-order valence-electron chi connectivity index (χ4n) is 2.57. The summed E-state index contributed by atoms with van der Waals surface area (Å²) in [5.74, 6) is 0.500. The minimum atomic E-state index is -3.44. The molecular weight excluding hydrogens is 324 g/mol. The second-order valence-electron chi connectivity index (χ2n) is 5.62. The molecule has 0 amide bonds. The Balaban J connectivity index is 1.66. The number of hydrogen-bond acceptors (Lipinski definition) is 5. The van der Waals surface area contributed by atoms with Crippen molar-refractivity contribution in [2.45, 2.75) is 24.2 Å². The second-order valence-corrected chi connectivity index (χ2v) is 7.56. The van der Waals surface area contributed by atoms with Crippen LogP contribution in [0.4, 0.5) is 5.82 Å². The van der Waals surface area contributed by atoms with Crippen molar-refractivity contribution in [3.63, 3.8) is 0 Å². The summed E-state index contributed by atoms with van der Waals surface area (Å²) in [4.78, 5) is 4.36. The van der Waals surface area contributed by atoms with Crippen LogP contribution in [0.25, 0.3) is 0 Å². The number of sulfonamides is 1. The van der Waals surface area contributed by atoms with Crippen LogP contribution in [0, 0.1) is 0 Å². The topological polar surface area (TPSA) is 74.7 Å². The van der Waals surface area contributed by atoms with Gasteiger partial charge in [0.05, 0.1) is 6.21 Å². The third kappa shape index (κ3) is 3.98. The van der Waals surface area contributed by atoms with Gasteiger partial charge in [-0.3, -0.25) is 5.43 Å². The molecule has 1 aliphatic rings. The molecule has 0 unspecified atom stereocenters. The number of piperidine rings is 1. The van der Waals surface area contributed by atoms with Crippen molar-refractivity contribution in [2.24, 2.45) is 5.10 Å². The van der Waals surface area contributed by atoms with E-state index in [4.69, 9.17) is 0 Å². The lowest BCUT2D eigenvalue weighted by atomic mass is 10.2. The summed E-state index contributed by atoms with van der Waals surface area (Å²) in [5.41, 5.74) is 3.77. The summed E-state index contributed by atoms with van der Waals surface area (Å²) < 4.78 is 26.6. The number of nitrogens with zero attached hydrogens (tertiary/aromatic N) is 3. The van der Waals surface area contributed by atoms with E-state index in [1.165, 1.54) is 10.5 Å². The van der Waals surface area contributed by atoms with Gasteiger partial charge < -0.3 is 0 Å². The highest BCUT2D eigenvalue weighted by molar-refractivity contribution is 7.89. The lowest BCUT2D eigenvalue weighted by Gasteiger charge is -2.25. The minimum absolute atomic E-state index is 0.224. The Labute approximate surface area is 142 Å². The van der Waals surface area contributed by atoms with E-state index in [0.717, 1.165) is 24.8 Å². The van der Waals surface area contributed by atoms with Crippen molar-refractivity contribution in [3.8, 4) is 0 Å². The van der Waals surface area contributed by atoms with Crippen molar-refractivity contribution in [3.05, 3.63) is 54.2 Å². The van der Waals surface area contributed by atoms with Gasteiger partial charge in [-0.15, -0.1) is 0 Å². The van der Waals surface area contributed by atoms with Gasteiger partial charge in [0.25, 0.3) is 0 Å². The first-order valence-electron chi connectivity index (χ1n) is 7.96. The van der Waals surface area contributed by atoms with Crippen LogP contribution in [0.15, 0.2) is 58.7 Å². The van der Waals surface area contributed by atoms with Crippen molar-refractivity contribution >= 4 is 22.1 Å². The molecule has 24 heavy (non-hydrogen) atoms. The van der Waals surface area contributed by atoms with E-state index < -0.39 is 10.0 Å². The molecule has 0 bridgehead atoms. The van der Waals surface area contributed by atoms with E-state index in [1.807, 2.05) is 30.3 Å². The van der Waals surface area contributed by atoms with Crippen molar-refractivity contribution < 1.29 is 8.42 Å². The molecule has 0 aliphatic carbocycles. The third-order valence-electron chi connectivity index (χ3n) is 3.88. The Kier molecular flexibility index (Phi) is 5.22. The number of anilines is 1. The highest BCUT2D eigenvalue weighted by atomic mass is 32.2. The molecule has 2 heterocycles. The molecule has 126 valence electrons. The highest BCUT2D eigenvalue weighted by Gasteiger charge is 2.25. The average Bonchev–Trinajstić information content (AvgIpc) is 2.64. The molecule has 1 aromatic heterocycles. The molecule has 0 saturated carbocycles. The van der Waals surface area contributed by atoms with E-state index >= 15 is 0 Å². The molecule has 1 aliphatic heterocycles. The Morgan fingerprint density at radius 1 is 1.04 bits per heavy atom. The molecule has 7 heteroatoms. The van der Waals surface area contributed by atoms with Gasteiger partial charge in [0, 0.05) is 19.3 Å². The second kappa shape index (κ2) is 7.55. The molecule has 1 aromatic carbocycles. The van der Waals surface area contributed by atoms with Gasteiger partial charge in [0.15, 0.2) is 0 Å². The maximum absolute atomic E-state index is 12.5. The monoisotopic (exact) mass is 344 g/mol. The van der Waals surface area contributed by atoms with Crippen molar-refractivity contribution in [1.82, 2.24) is 9.29 Å². The number of rotatable bonds is 5. The molecule has 6 nitrogen and oxygen atoms in total. The molecule has 1 saturated heterocycles. The van der Waals surface area contributed by atoms with E-state index in [2.05, 4.69) is 15.5 Å². The van der Waals surface area contributed by atoms with Crippen LogP contribution in [-0.4, -0.2) is 37.0 Å². The van der Waals surface area contributed by atoms with Crippen LogP contribution in [0.5, 0.6) is 0 Å². The molecule has 2 aromatic rings. The number of benzene rings is 1. The Morgan fingerprint density at radius 3 is 2.46 bits per heavy atom. The zero-order chi connectivity index (χ0) is 16.8. The average molecular weight is 344 g/mol. The number of hydrazone groups is 1. The maximum Gasteiger partial charge on any atom is 0.244 e. The van der Waals surface area contributed by atoms with Gasteiger partial charge in [0.2, 0.25) is 10.0 Å². The summed E-state index contributed by atoms with van der Waals surface area (Å²) >= 11 is 0. The van der Waals surface area contributed by atoms with Gasteiger partial charge in [-0.05, 0) is 30.5 Å². The fourth-order valence-corrected chi connectivity index (χ4v) is 4.03. The highest BCUT2D eigenvalue weighted by Crippen LogP contribution is 2.20. The smallest absolute Gasteiger partial charge is 0.244 e. The number of aromatic nitrogens is 1. The summed E-state index contributed by atoms with van der Waals surface area (Å²) in [7, 11) is -3.44. The van der Waals surface area contributed by atoms with Crippen LogP contribution >= 0.6 is 0 Å². The minimum Gasteiger partial charge on any atom is -0.261 e.